The summed E-state index contributed by atoms with van der Waals surface area (Å²) < 4.78 is 5.86. The van der Waals surface area contributed by atoms with Crippen molar-refractivity contribution < 1.29 is 9.53 Å². The van der Waals surface area contributed by atoms with Crippen LogP contribution in [0.1, 0.15) is 17.4 Å². The zero-order valence-corrected chi connectivity index (χ0v) is 23.8. The quantitative estimate of drug-likeness (QED) is 0.360. The third-order valence-corrected chi connectivity index (χ3v) is 7.70. The van der Waals surface area contributed by atoms with Crippen molar-refractivity contribution in [3.63, 3.8) is 0 Å². The third-order valence-electron chi connectivity index (χ3n) is 6.00. The molecule has 4 rings (SSSR count). The predicted molar refractivity (Wildman–Crippen MR) is 151 cm³/mol. The standard InChI is InChI=1S/C26H35N7O2S2/c1-18(34)16-20-6-8-21(9-7-20)37-26-29-23(28-25-27-17-19(2)36-25)22(35-5)24(30-26)33-14-12-32(13-15-33)11-10-31(3)4/h6-9,17H,10-16H2,1-5H3,(H,27,28,29,30). The van der Waals surface area contributed by atoms with E-state index in [1.54, 1.807) is 25.4 Å². The molecule has 0 unspecified atom stereocenters. The topological polar surface area (TPSA) is 86.7 Å². The molecule has 0 radical (unpaired) electrons. The maximum atomic E-state index is 11.5. The molecule has 1 fully saturated rings. The lowest BCUT2D eigenvalue weighted by Crippen LogP contribution is -2.48. The summed E-state index contributed by atoms with van der Waals surface area (Å²) >= 11 is 3.06. The molecule has 11 heteroatoms. The molecule has 3 heterocycles. The molecule has 1 aliphatic heterocycles. The molecule has 1 aromatic carbocycles. The smallest absolute Gasteiger partial charge is 0.204 e. The van der Waals surface area contributed by atoms with Gasteiger partial charge in [-0.3, -0.25) is 9.69 Å². The van der Waals surface area contributed by atoms with Gasteiger partial charge in [0.2, 0.25) is 5.75 Å². The first-order chi connectivity index (χ1) is 17.8. The van der Waals surface area contributed by atoms with Gasteiger partial charge in [0.05, 0.1) is 7.11 Å². The number of carbonyl (C=O) groups is 1. The van der Waals surface area contributed by atoms with E-state index in [-0.39, 0.29) is 5.78 Å². The first-order valence-electron chi connectivity index (χ1n) is 12.3. The van der Waals surface area contributed by atoms with Gasteiger partial charge < -0.3 is 19.9 Å². The number of benzene rings is 1. The largest absolute Gasteiger partial charge is 0.490 e. The number of ether oxygens (including phenoxy) is 1. The van der Waals surface area contributed by atoms with Crippen LogP contribution >= 0.6 is 23.1 Å². The number of anilines is 3. The fourth-order valence-electron chi connectivity index (χ4n) is 4.06. The van der Waals surface area contributed by atoms with Gasteiger partial charge in [-0.1, -0.05) is 12.1 Å². The van der Waals surface area contributed by atoms with E-state index in [2.05, 4.69) is 39.1 Å². The van der Waals surface area contributed by atoms with E-state index >= 15 is 0 Å². The summed E-state index contributed by atoms with van der Waals surface area (Å²) in [5.74, 6) is 2.16. The van der Waals surface area contributed by atoms with Gasteiger partial charge in [-0.25, -0.2) is 15.0 Å². The van der Waals surface area contributed by atoms with Gasteiger partial charge in [-0.05, 0) is 57.4 Å². The van der Waals surface area contributed by atoms with Crippen LogP contribution in [-0.4, -0.2) is 91.0 Å². The Kier molecular flexibility index (Phi) is 9.36. The minimum absolute atomic E-state index is 0.151. The molecule has 0 aliphatic carbocycles. The van der Waals surface area contributed by atoms with E-state index in [0.29, 0.717) is 23.1 Å². The normalized spacial score (nSPS) is 14.3. The van der Waals surface area contributed by atoms with Gasteiger partial charge in [0.15, 0.2) is 21.9 Å². The van der Waals surface area contributed by atoms with E-state index in [0.717, 1.165) is 65.6 Å². The van der Waals surface area contributed by atoms with Crippen LogP contribution in [0, 0.1) is 6.92 Å². The Hall–Kier alpha value is -2.73. The highest BCUT2D eigenvalue weighted by atomic mass is 32.2. The fourth-order valence-corrected chi connectivity index (χ4v) is 5.47. The lowest BCUT2D eigenvalue weighted by Gasteiger charge is -2.36. The number of methoxy groups -OCH3 is 1. The highest BCUT2D eigenvalue weighted by Gasteiger charge is 2.25. The number of hydrogen-bond donors (Lipinski definition) is 1. The van der Waals surface area contributed by atoms with Gasteiger partial charge in [0, 0.05) is 61.7 Å². The second-order valence-electron chi connectivity index (χ2n) is 9.37. The molecule has 37 heavy (non-hydrogen) atoms. The van der Waals surface area contributed by atoms with Crippen molar-refractivity contribution in [2.45, 2.75) is 30.3 Å². The van der Waals surface area contributed by atoms with Crippen molar-refractivity contribution in [3.8, 4) is 5.75 Å². The monoisotopic (exact) mass is 541 g/mol. The summed E-state index contributed by atoms with van der Waals surface area (Å²) in [5, 5.41) is 4.75. The van der Waals surface area contributed by atoms with E-state index < -0.39 is 0 Å². The molecule has 3 aromatic rings. The molecule has 1 N–H and O–H groups in total. The molecule has 198 valence electrons. The van der Waals surface area contributed by atoms with Crippen molar-refractivity contribution >= 4 is 45.6 Å². The van der Waals surface area contributed by atoms with E-state index in [1.807, 2.05) is 37.4 Å². The Balaban J connectivity index is 1.60. The number of piperazine rings is 1. The molecule has 1 aliphatic rings. The number of Topliss-reactive ketones (excluding diaryl/α,β-unsaturated/α-hetero) is 1. The maximum Gasteiger partial charge on any atom is 0.204 e. The number of rotatable bonds is 11. The number of nitrogens with one attached hydrogen (secondary N) is 1. The van der Waals surface area contributed by atoms with Crippen LogP contribution in [0.25, 0.3) is 0 Å². The Bertz CT molecular complexity index is 1190. The number of ketones is 1. The highest BCUT2D eigenvalue weighted by Crippen LogP contribution is 2.39. The second-order valence-corrected chi connectivity index (χ2v) is 11.6. The van der Waals surface area contributed by atoms with Gasteiger partial charge in [-0.15, -0.1) is 11.3 Å². The Morgan fingerprint density at radius 2 is 1.89 bits per heavy atom. The molecular formula is C26H35N7O2S2. The van der Waals surface area contributed by atoms with Crippen LogP contribution in [0.5, 0.6) is 5.75 Å². The van der Waals surface area contributed by atoms with Gasteiger partial charge >= 0.3 is 0 Å². The number of aryl methyl sites for hydroxylation is 1. The van der Waals surface area contributed by atoms with Crippen molar-refractivity contribution in [2.75, 3.05) is 70.7 Å². The van der Waals surface area contributed by atoms with E-state index in [1.165, 1.54) is 11.8 Å². The summed E-state index contributed by atoms with van der Waals surface area (Å²) in [6.07, 6.45) is 2.28. The molecule has 0 bridgehead atoms. The van der Waals surface area contributed by atoms with Gasteiger partial charge in [0.25, 0.3) is 0 Å². The Morgan fingerprint density at radius 1 is 1.16 bits per heavy atom. The fraction of sp³-hybridized carbons (Fsp3) is 0.462. The second kappa shape index (κ2) is 12.7. The number of likely N-dealkylation sites (N-methyl/N-ethyl adjacent to an activating group) is 1. The zero-order valence-electron chi connectivity index (χ0n) is 22.2. The Labute approximate surface area is 227 Å². The average molecular weight is 542 g/mol. The summed E-state index contributed by atoms with van der Waals surface area (Å²) in [5.41, 5.74) is 1.00. The average Bonchev–Trinajstić information content (AvgIpc) is 3.28. The number of thiazole rings is 1. The van der Waals surface area contributed by atoms with E-state index in [9.17, 15) is 4.79 Å². The van der Waals surface area contributed by atoms with Crippen LogP contribution in [0.15, 0.2) is 40.5 Å². The van der Waals surface area contributed by atoms with Crippen molar-refractivity contribution in [3.05, 3.63) is 40.9 Å². The minimum atomic E-state index is 0.151. The molecule has 1 saturated heterocycles. The number of nitrogens with zero attached hydrogens (tertiary/aromatic N) is 6. The highest BCUT2D eigenvalue weighted by molar-refractivity contribution is 7.99. The molecule has 9 nitrogen and oxygen atoms in total. The van der Waals surface area contributed by atoms with Crippen LogP contribution in [-0.2, 0) is 11.2 Å². The van der Waals surface area contributed by atoms with Crippen molar-refractivity contribution in [2.24, 2.45) is 0 Å². The lowest BCUT2D eigenvalue weighted by atomic mass is 10.1. The first kappa shape index (κ1) is 27.3. The van der Waals surface area contributed by atoms with Crippen LogP contribution in [0.2, 0.25) is 0 Å². The van der Waals surface area contributed by atoms with Gasteiger partial charge in [-0.2, -0.15) is 0 Å². The number of carbonyl (C=O) groups excluding carboxylic acids is 1. The zero-order chi connectivity index (χ0) is 26.4. The SMILES string of the molecule is COc1c(Nc2ncc(C)s2)nc(Sc2ccc(CC(C)=O)cc2)nc1N1CCN(CCN(C)C)CC1. The predicted octanol–water partition coefficient (Wildman–Crippen LogP) is 3.96. The number of aromatic nitrogens is 3. The van der Waals surface area contributed by atoms with Crippen LogP contribution < -0.4 is 15.0 Å². The van der Waals surface area contributed by atoms with E-state index in [4.69, 9.17) is 14.7 Å². The first-order valence-corrected chi connectivity index (χ1v) is 14.0. The molecule has 0 saturated carbocycles. The molecular weight excluding hydrogens is 506 g/mol. The van der Waals surface area contributed by atoms with Crippen LogP contribution in [0.4, 0.5) is 16.8 Å². The summed E-state index contributed by atoms with van der Waals surface area (Å²) in [6.45, 7) is 9.39. The molecule has 0 spiro atoms. The summed E-state index contributed by atoms with van der Waals surface area (Å²) in [4.78, 5) is 34.8. The summed E-state index contributed by atoms with van der Waals surface area (Å²) in [7, 11) is 5.88. The number of hydrogen-bond acceptors (Lipinski definition) is 11. The molecule has 0 amide bonds. The lowest BCUT2D eigenvalue weighted by molar-refractivity contribution is -0.116. The maximum absolute atomic E-state index is 11.5. The minimum Gasteiger partial charge on any atom is -0.490 e. The molecule has 0 atom stereocenters. The van der Waals surface area contributed by atoms with Crippen LogP contribution in [0.3, 0.4) is 0 Å². The third kappa shape index (κ3) is 7.64. The molecule has 2 aromatic heterocycles. The van der Waals surface area contributed by atoms with Crippen molar-refractivity contribution in [1.82, 2.24) is 24.8 Å². The summed E-state index contributed by atoms with van der Waals surface area (Å²) in [6, 6.07) is 7.99. The van der Waals surface area contributed by atoms with Crippen molar-refractivity contribution in [1.29, 1.82) is 0 Å². The Morgan fingerprint density at radius 3 is 2.49 bits per heavy atom. The van der Waals surface area contributed by atoms with Gasteiger partial charge in [0.1, 0.15) is 5.78 Å².